The van der Waals surface area contributed by atoms with Crippen LogP contribution in [0, 0.1) is 6.92 Å². The van der Waals surface area contributed by atoms with Gasteiger partial charge in [0.2, 0.25) is 5.91 Å². The van der Waals surface area contributed by atoms with Crippen molar-refractivity contribution in [1.29, 1.82) is 0 Å². The van der Waals surface area contributed by atoms with E-state index in [2.05, 4.69) is 44.3 Å². The number of aryl methyl sites for hydroxylation is 1. The van der Waals surface area contributed by atoms with Gasteiger partial charge in [-0.05, 0) is 51.6 Å². The van der Waals surface area contributed by atoms with Gasteiger partial charge in [-0.3, -0.25) is 14.8 Å². The molecular weight excluding hydrogens is 328 g/mol. The highest BCUT2D eigenvalue weighted by molar-refractivity contribution is 5.90. The number of H-pyrrole nitrogens is 1. The van der Waals surface area contributed by atoms with Crippen LogP contribution in [0.2, 0.25) is 0 Å². The largest absolute Gasteiger partial charge is 0.326 e. The number of aromatic nitrogens is 3. The molecule has 0 spiro atoms. The Balaban J connectivity index is 1.46. The summed E-state index contributed by atoms with van der Waals surface area (Å²) < 4.78 is 0. The first-order valence-electron chi connectivity index (χ1n) is 9.23. The van der Waals surface area contributed by atoms with Gasteiger partial charge in [-0.15, -0.1) is 0 Å². The maximum atomic E-state index is 12.2. The molecule has 1 atom stereocenters. The van der Waals surface area contributed by atoms with Gasteiger partial charge in [0.15, 0.2) is 5.82 Å². The molecule has 0 saturated carbocycles. The Labute approximate surface area is 154 Å². The van der Waals surface area contributed by atoms with E-state index in [-0.39, 0.29) is 5.91 Å². The molecule has 0 bridgehead atoms. The minimum atomic E-state index is 0.0625. The van der Waals surface area contributed by atoms with Crippen LogP contribution < -0.4 is 5.32 Å². The molecule has 2 aromatic rings. The maximum Gasteiger partial charge on any atom is 0.224 e. The number of anilines is 1. The maximum absolute atomic E-state index is 12.2. The van der Waals surface area contributed by atoms with E-state index in [4.69, 9.17) is 0 Å². The molecule has 1 unspecified atom stereocenters. The first kappa shape index (κ1) is 18.5. The highest BCUT2D eigenvalue weighted by Crippen LogP contribution is 2.18. The summed E-state index contributed by atoms with van der Waals surface area (Å²) in [6.45, 7) is 8.46. The second-order valence-electron chi connectivity index (χ2n) is 7.10. The molecule has 0 radical (unpaired) electrons. The molecule has 0 aliphatic carbocycles. The standard InChI is InChI=1S/C19H28N6O/c1-14(25-12-10-24(3)11-13-25)4-9-18(26)21-17-7-5-16(6-8-17)19-20-15(2)22-23-19/h5-8,14H,4,9-13H2,1-3H3,(H,21,26)(H,20,22,23). The van der Waals surface area contributed by atoms with Gasteiger partial charge in [0.25, 0.3) is 0 Å². The number of likely N-dealkylation sites (N-methyl/N-ethyl adjacent to an activating group) is 1. The van der Waals surface area contributed by atoms with E-state index in [1.807, 2.05) is 31.2 Å². The van der Waals surface area contributed by atoms with Crippen LogP contribution in [0.15, 0.2) is 24.3 Å². The smallest absolute Gasteiger partial charge is 0.224 e. The number of aromatic amines is 1. The van der Waals surface area contributed by atoms with Crippen molar-refractivity contribution in [3.05, 3.63) is 30.1 Å². The zero-order chi connectivity index (χ0) is 18.5. The fraction of sp³-hybridized carbons (Fsp3) is 0.526. The van der Waals surface area contributed by atoms with Gasteiger partial charge in [-0.25, -0.2) is 4.98 Å². The normalized spacial score (nSPS) is 17.2. The summed E-state index contributed by atoms with van der Waals surface area (Å²) in [6.07, 6.45) is 1.42. The van der Waals surface area contributed by atoms with E-state index >= 15 is 0 Å². The summed E-state index contributed by atoms with van der Waals surface area (Å²) in [4.78, 5) is 21.4. The van der Waals surface area contributed by atoms with E-state index in [1.54, 1.807) is 0 Å². The summed E-state index contributed by atoms with van der Waals surface area (Å²) in [5, 5.41) is 9.95. The Bertz CT molecular complexity index is 718. The minimum Gasteiger partial charge on any atom is -0.326 e. The van der Waals surface area contributed by atoms with Crippen molar-refractivity contribution in [1.82, 2.24) is 25.0 Å². The summed E-state index contributed by atoms with van der Waals surface area (Å²) in [5.41, 5.74) is 1.73. The average Bonchev–Trinajstić information content (AvgIpc) is 3.07. The molecular formula is C19H28N6O. The zero-order valence-electron chi connectivity index (χ0n) is 15.8. The minimum absolute atomic E-state index is 0.0625. The van der Waals surface area contributed by atoms with Crippen molar-refractivity contribution in [2.75, 3.05) is 38.5 Å². The number of hydrogen-bond acceptors (Lipinski definition) is 5. The Morgan fingerprint density at radius 3 is 2.54 bits per heavy atom. The van der Waals surface area contributed by atoms with Gasteiger partial charge in [-0.1, -0.05) is 0 Å². The molecule has 7 nitrogen and oxygen atoms in total. The van der Waals surface area contributed by atoms with Gasteiger partial charge in [0.05, 0.1) is 0 Å². The van der Waals surface area contributed by atoms with Crippen molar-refractivity contribution in [2.45, 2.75) is 32.7 Å². The second-order valence-corrected chi connectivity index (χ2v) is 7.10. The number of amides is 1. The molecule has 1 aliphatic heterocycles. The first-order chi connectivity index (χ1) is 12.5. The van der Waals surface area contributed by atoms with Crippen molar-refractivity contribution in [3.8, 4) is 11.4 Å². The van der Waals surface area contributed by atoms with Crippen LogP contribution in [-0.4, -0.2) is 70.2 Å². The van der Waals surface area contributed by atoms with Crippen molar-refractivity contribution < 1.29 is 4.79 Å². The molecule has 1 aliphatic rings. The molecule has 140 valence electrons. The quantitative estimate of drug-likeness (QED) is 0.829. The SMILES string of the molecule is Cc1nc(-c2ccc(NC(=O)CCC(C)N3CCN(C)CC3)cc2)n[nH]1. The number of hydrogen-bond donors (Lipinski definition) is 2. The number of carbonyl (C=O) groups excluding carboxylic acids is 1. The third-order valence-corrected chi connectivity index (χ3v) is 4.97. The summed E-state index contributed by atoms with van der Waals surface area (Å²) in [7, 11) is 2.16. The van der Waals surface area contributed by atoms with Crippen LogP contribution in [0.25, 0.3) is 11.4 Å². The van der Waals surface area contributed by atoms with E-state index in [0.717, 1.165) is 49.7 Å². The second kappa shape index (κ2) is 8.42. The number of benzene rings is 1. The van der Waals surface area contributed by atoms with Crippen LogP contribution in [0.3, 0.4) is 0 Å². The molecule has 1 amide bonds. The Hall–Kier alpha value is -2.25. The Kier molecular flexibility index (Phi) is 6.00. The van der Waals surface area contributed by atoms with E-state index in [0.29, 0.717) is 18.3 Å². The lowest BCUT2D eigenvalue weighted by Crippen LogP contribution is -2.48. The Morgan fingerprint density at radius 1 is 1.23 bits per heavy atom. The van der Waals surface area contributed by atoms with Gasteiger partial charge < -0.3 is 10.2 Å². The number of rotatable bonds is 6. The summed E-state index contributed by atoms with van der Waals surface area (Å²) >= 11 is 0. The monoisotopic (exact) mass is 356 g/mol. The summed E-state index contributed by atoms with van der Waals surface area (Å²) in [5.74, 6) is 1.51. The molecule has 1 aromatic heterocycles. The highest BCUT2D eigenvalue weighted by atomic mass is 16.1. The van der Waals surface area contributed by atoms with E-state index in [9.17, 15) is 4.79 Å². The lowest BCUT2D eigenvalue weighted by atomic mass is 10.1. The lowest BCUT2D eigenvalue weighted by molar-refractivity contribution is -0.116. The van der Waals surface area contributed by atoms with Crippen LogP contribution in [0.4, 0.5) is 5.69 Å². The fourth-order valence-electron chi connectivity index (χ4n) is 3.18. The van der Waals surface area contributed by atoms with Crippen LogP contribution in [-0.2, 0) is 4.79 Å². The zero-order valence-corrected chi connectivity index (χ0v) is 15.8. The van der Waals surface area contributed by atoms with Crippen LogP contribution >= 0.6 is 0 Å². The van der Waals surface area contributed by atoms with Crippen molar-refractivity contribution in [2.24, 2.45) is 0 Å². The molecule has 7 heteroatoms. The third kappa shape index (κ3) is 4.89. The predicted octanol–water partition coefficient (Wildman–Crippen LogP) is 2.13. The molecule has 2 N–H and O–H groups in total. The lowest BCUT2D eigenvalue weighted by Gasteiger charge is -2.36. The van der Waals surface area contributed by atoms with Crippen molar-refractivity contribution >= 4 is 11.6 Å². The number of piperazine rings is 1. The predicted molar refractivity (Wildman–Crippen MR) is 103 cm³/mol. The molecule has 2 heterocycles. The molecule has 26 heavy (non-hydrogen) atoms. The van der Waals surface area contributed by atoms with Gasteiger partial charge in [0.1, 0.15) is 5.82 Å². The van der Waals surface area contributed by atoms with E-state index in [1.165, 1.54) is 0 Å². The number of nitrogens with one attached hydrogen (secondary N) is 2. The topological polar surface area (TPSA) is 77.2 Å². The van der Waals surface area contributed by atoms with Gasteiger partial charge in [-0.2, -0.15) is 5.10 Å². The molecule has 1 fully saturated rings. The highest BCUT2D eigenvalue weighted by Gasteiger charge is 2.19. The number of carbonyl (C=O) groups is 1. The fourth-order valence-corrected chi connectivity index (χ4v) is 3.18. The third-order valence-electron chi connectivity index (χ3n) is 4.97. The van der Waals surface area contributed by atoms with E-state index < -0.39 is 0 Å². The molecule has 1 saturated heterocycles. The van der Waals surface area contributed by atoms with Crippen LogP contribution in [0.5, 0.6) is 0 Å². The van der Waals surface area contributed by atoms with Gasteiger partial charge >= 0.3 is 0 Å². The Morgan fingerprint density at radius 2 is 1.92 bits per heavy atom. The average molecular weight is 356 g/mol. The molecule has 1 aromatic carbocycles. The molecule has 3 rings (SSSR count). The van der Waals surface area contributed by atoms with Crippen LogP contribution in [0.1, 0.15) is 25.6 Å². The summed E-state index contributed by atoms with van der Waals surface area (Å²) in [6, 6.07) is 8.06. The first-order valence-corrected chi connectivity index (χ1v) is 9.23. The number of nitrogens with zero attached hydrogens (tertiary/aromatic N) is 4. The van der Waals surface area contributed by atoms with Gasteiger partial charge in [0, 0.05) is 49.9 Å². The van der Waals surface area contributed by atoms with Crippen molar-refractivity contribution in [3.63, 3.8) is 0 Å².